The third-order valence-corrected chi connectivity index (χ3v) is 3.74. The molecule has 0 aromatic rings. The van der Waals surface area contributed by atoms with Crippen molar-refractivity contribution in [3.05, 3.63) is 0 Å². The number of rotatable bonds is 5. The first kappa shape index (κ1) is 15.4. The molecule has 0 aliphatic carbocycles. The SMILES string of the molecule is CCNC1CC(C(O)CC)CN(C(=O)C(C)C)C1. The third kappa shape index (κ3) is 3.95. The van der Waals surface area contributed by atoms with Crippen molar-refractivity contribution in [1.29, 1.82) is 0 Å². The zero-order valence-electron chi connectivity index (χ0n) is 12.1. The summed E-state index contributed by atoms with van der Waals surface area (Å²) in [5.74, 6) is 0.436. The van der Waals surface area contributed by atoms with Gasteiger partial charge in [0.25, 0.3) is 0 Å². The average molecular weight is 256 g/mol. The van der Waals surface area contributed by atoms with E-state index >= 15 is 0 Å². The Hall–Kier alpha value is -0.610. The topological polar surface area (TPSA) is 52.6 Å². The van der Waals surface area contributed by atoms with E-state index in [4.69, 9.17) is 0 Å². The predicted molar refractivity (Wildman–Crippen MR) is 73.3 cm³/mol. The standard InChI is InChI=1S/C14H28N2O2/c1-5-13(17)11-7-12(15-6-2)9-16(8-11)14(18)10(3)4/h10-13,15,17H,5-9H2,1-4H3. The van der Waals surface area contributed by atoms with Crippen LogP contribution in [0.2, 0.25) is 0 Å². The van der Waals surface area contributed by atoms with Crippen LogP contribution in [0.3, 0.4) is 0 Å². The first-order chi connectivity index (χ1) is 8.49. The van der Waals surface area contributed by atoms with E-state index in [0.29, 0.717) is 12.6 Å². The molecule has 3 unspecified atom stereocenters. The van der Waals surface area contributed by atoms with Crippen LogP contribution in [0.1, 0.15) is 40.5 Å². The molecule has 0 radical (unpaired) electrons. The van der Waals surface area contributed by atoms with E-state index < -0.39 is 0 Å². The highest BCUT2D eigenvalue weighted by molar-refractivity contribution is 5.78. The van der Waals surface area contributed by atoms with Crippen LogP contribution >= 0.6 is 0 Å². The van der Waals surface area contributed by atoms with Crippen LogP contribution in [0.5, 0.6) is 0 Å². The van der Waals surface area contributed by atoms with Gasteiger partial charge in [0.2, 0.25) is 5.91 Å². The maximum atomic E-state index is 12.1. The number of aliphatic hydroxyl groups excluding tert-OH is 1. The fourth-order valence-electron chi connectivity index (χ4n) is 2.73. The second-order valence-corrected chi connectivity index (χ2v) is 5.62. The number of carbonyl (C=O) groups excluding carboxylic acids is 1. The molecule has 4 heteroatoms. The maximum absolute atomic E-state index is 12.1. The van der Waals surface area contributed by atoms with Gasteiger partial charge >= 0.3 is 0 Å². The molecule has 0 aromatic heterocycles. The summed E-state index contributed by atoms with van der Waals surface area (Å²) in [4.78, 5) is 14.0. The summed E-state index contributed by atoms with van der Waals surface area (Å²) in [6, 6.07) is 0.317. The van der Waals surface area contributed by atoms with Gasteiger partial charge in [-0.15, -0.1) is 0 Å². The normalized spacial score (nSPS) is 26.4. The minimum absolute atomic E-state index is 0.0322. The zero-order valence-corrected chi connectivity index (χ0v) is 12.1. The molecule has 18 heavy (non-hydrogen) atoms. The summed E-state index contributed by atoms with van der Waals surface area (Å²) in [6.45, 7) is 10.3. The number of nitrogens with zero attached hydrogens (tertiary/aromatic N) is 1. The van der Waals surface area contributed by atoms with E-state index in [1.54, 1.807) is 0 Å². The van der Waals surface area contributed by atoms with Crippen LogP contribution in [0.15, 0.2) is 0 Å². The molecule has 0 bridgehead atoms. The summed E-state index contributed by atoms with van der Waals surface area (Å²) in [5, 5.41) is 13.5. The highest BCUT2D eigenvalue weighted by atomic mass is 16.3. The number of piperidine rings is 1. The number of hydrogen-bond acceptors (Lipinski definition) is 3. The lowest BCUT2D eigenvalue weighted by Crippen LogP contribution is -2.54. The van der Waals surface area contributed by atoms with Crippen LogP contribution in [0.4, 0.5) is 0 Å². The van der Waals surface area contributed by atoms with E-state index in [1.807, 2.05) is 25.7 Å². The molecule has 1 heterocycles. The molecule has 1 aliphatic rings. The molecule has 3 atom stereocenters. The summed E-state index contributed by atoms with van der Waals surface area (Å²) < 4.78 is 0. The summed E-state index contributed by atoms with van der Waals surface area (Å²) >= 11 is 0. The third-order valence-electron chi connectivity index (χ3n) is 3.74. The molecular weight excluding hydrogens is 228 g/mol. The number of likely N-dealkylation sites (tertiary alicyclic amines) is 1. The fraction of sp³-hybridized carbons (Fsp3) is 0.929. The van der Waals surface area contributed by atoms with Crippen molar-refractivity contribution in [2.24, 2.45) is 11.8 Å². The van der Waals surface area contributed by atoms with Crippen LogP contribution < -0.4 is 5.32 Å². The molecule has 1 aliphatic heterocycles. The fourth-order valence-corrected chi connectivity index (χ4v) is 2.73. The number of carbonyl (C=O) groups is 1. The first-order valence-electron chi connectivity index (χ1n) is 7.19. The molecule has 4 nitrogen and oxygen atoms in total. The maximum Gasteiger partial charge on any atom is 0.225 e. The molecule has 0 aromatic carbocycles. The Morgan fingerprint density at radius 3 is 2.56 bits per heavy atom. The van der Waals surface area contributed by atoms with E-state index in [-0.39, 0.29) is 23.8 Å². The van der Waals surface area contributed by atoms with Gasteiger partial charge < -0.3 is 15.3 Å². The minimum Gasteiger partial charge on any atom is -0.393 e. The van der Waals surface area contributed by atoms with Crippen molar-refractivity contribution in [2.45, 2.75) is 52.7 Å². The Kier molecular flexibility index (Phi) is 6.09. The zero-order chi connectivity index (χ0) is 13.7. The molecule has 0 saturated carbocycles. The Morgan fingerprint density at radius 2 is 2.06 bits per heavy atom. The van der Waals surface area contributed by atoms with Crippen molar-refractivity contribution in [1.82, 2.24) is 10.2 Å². The Morgan fingerprint density at radius 1 is 1.39 bits per heavy atom. The van der Waals surface area contributed by atoms with Crippen LogP contribution in [-0.4, -0.2) is 47.7 Å². The summed E-state index contributed by atoms with van der Waals surface area (Å²) in [6.07, 6.45) is 1.42. The number of nitrogens with one attached hydrogen (secondary N) is 1. The lowest BCUT2D eigenvalue weighted by Gasteiger charge is -2.40. The molecule has 1 amide bonds. The van der Waals surface area contributed by atoms with E-state index in [9.17, 15) is 9.90 Å². The minimum atomic E-state index is -0.297. The molecule has 1 fully saturated rings. The Balaban J connectivity index is 2.70. The molecule has 1 saturated heterocycles. The van der Waals surface area contributed by atoms with Gasteiger partial charge in [-0.25, -0.2) is 0 Å². The van der Waals surface area contributed by atoms with Crippen LogP contribution in [-0.2, 0) is 4.79 Å². The summed E-state index contributed by atoms with van der Waals surface area (Å²) in [7, 11) is 0. The van der Waals surface area contributed by atoms with Gasteiger partial charge in [0.15, 0.2) is 0 Å². The van der Waals surface area contributed by atoms with Gasteiger partial charge in [-0.1, -0.05) is 27.7 Å². The van der Waals surface area contributed by atoms with Gasteiger partial charge in [0.05, 0.1) is 6.10 Å². The number of amides is 1. The number of aliphatic hydroxyl groups is 1. The highest BCUT2D eigenvalue weighted by Gasteiger charge is 2.33. The molecule has 106 valence electrons. The largest absolute Gasteiger partial charge is 0.393 e. The van der Waals surface area contributed by atoms with Crippen LogP contribution in [0, 0.1) is 11.8 Å². The van der Waals surface area contributed by atoms with Gasteiger partial charge in [-0.05, 0) is 19.4 Å². The van der Waals surface area contributed by atoms with Crippen LogP contribution in [0.25, 0.3) is 0 Å². The second-order valence-electron chi connectivity index (χ2n) is 5.62. The van der Waals surface area contributed by atoms with Gasteiger partial charge in [-0.3, -0.25) is 4.79 Å². The van der Waals surface area contributed by atoms with E-state index in [2.05, 4.69) is 12.2 Å². The van der Waals surface area contributed by atoms with Crippen molar-refractivity contribution >= 4 is 5.91 Å². The van der Waals surface area contributed by atoms with Gasteiger partial charge in [0, 0.05) is 31.0 Å². The van der Waals surface area contributed by atoms with E-state index in [0.717, 1.165) is 25.9 Å². The van der Waals surface area contributed by atoms with Gasteiger partial charge in [0.1, 0.15) is 0 Å². The smallest absolute Gasteiger partial charge is 0.225 e. The van der Waals surface area contributed by atoms with Crippen molar-refractivity contribution in [3.63, 3.8) is 0 Å². The van der Waals surface area contributed by atoms with Gasteiger partial charge in [-0.2, -0.15) is 0 Å². The molecule has 2 N–H and O–H groups in total. The predicted octanol–water partition coefficient (Wildman–Crippen LogP) is 1.24. The first-order valence-corrected chi connectivity index (χ1v) is 7.19. The highest BCUT2D eigenvalue weighted by Crippen LogP contribution is 2.23. The molecule has 1 rings (SSSR count). The lowest BCUT2D eigenvalue weighted by atomic mass is 9.88. The Bertz CT molecular complexity index is 269. The van der Waals surface area contributed by atoms with Crippen molar-refractivity contribution in [2.75, 3.05) is 19.6 Å². The van der Waals surface area contributed by atoms with E-state index in [1.165, 1.54) is 0 Å². The monoisotopic (exact) mass is 256 g/mol. The summed E-state index contributed by atoms with van der Waals surface area (Å²) in [5.41, 5.74) is 0. The number of hydrogen-bond donors (Lipinski definition) is 2. The lowest BCUT2D eigenvalue weighted by molar-refractivity contribution is -0.137. The molecular formula is C14H28N2O2. The number of likely N-dealkylation sites (N-methyl/N-ethyl adjacent to an activating group) is 1. The Labute approximate surface area is 111 Å². The second kappa shape index (κ2) is 7.10. The molecule has 0 spiro atoms. The van der Waals surface area contributed by atoms with Crippen molar-refractivity contribution in [3.8, 4) is 0 Å². The quantitative estimate of drug-likeness (QED) is 0.778. The van der Waals surface area contributed by atoms with Crippen molar-refractivity contribution < 1.29 is 9.90 Å². The average Bonchev–Trinajstić information content (AvgIpc) is 2.36.